The topological polar surface area (TPSA) is 314 Å². The number of halogens is 2. The lowest BCUT2D eigenvalue weighted by Gasteiger charge is -2.24. The minimum Gasteiger partial charge on any atom is -0.340 e. The first kappa shape index (κ1) is 79.9. The summed E-state index contributed by atoms with van der Waals surface area (Å²) in [6, 6.07) is 61.5. The van der Waals surface area contributed by atoms with E-state index in [1.807, 2.05) is 117 Å². The highest BCUT2D eigenvalue weighted by Crippen LogP contribution is 2.28. The summed E-state index contributed by atoms with van der Waals surface area (Å²) in [5.74, 6) is -2.91. The highest BCUT2D eigenvalue weighted by molar-refractivity contribution is 6.31. The number of carbonyl (C=O) groups excluding carboxylic acids is 9. The molecule has 0 saturated carbocycles. The average Bonchev–Trinajstić information content (AvgIpc) is 1.56. The Bertz CT molecular complexity index is 4490. The smallest absolute Gasteiger partial charge is 0.251 e. The van der Waals surface area contributed by atoms with Gasteiger partial charge in [-0.05, 0) is 218 Å². The Morgan fingerprint density at radius 1 is 0.385 bits per heavy atom. The van der Waals surface area contributed by atoms with E-state index in [4.69, 9.17) is 28.8 Å². The predicted octanol–water partition coefficient (Wildman–Crippen LogP) is 12.1. The molecule has 0 bridgehead atoms. The summed E-state index contributed by atoms with van der Waals surface area (Å²) in [6.07, 6.45) is 6.21. The fraction of sp³-hybridized carbons (Fsp3) is 0.267. The molecular weight excluding hydrogens is 1400 g/mol. The first-order chi connectivity index (χ1) is 52.7. The number of hydrogen-bond donors (Lipinski definition) is 9. The van der Waals surface area contributed by atoms with Crippen molar-refractivity contribution in [3.05, 3.63) is 268 Å². The highest BCUT2D eigenvalue weighted by Gasteiger charge is 2.33. The second-order valence-electron chi connectivity index (χ2n) is 27.3. The van der Waals surface area contributed by atoms with Crippen molar-refractivity contribution in [3.63, 3.8) is 0 Å². The van der Waals surface area contributed by atoms with Gasteiger partial charge < -0.3 is 63.8 Å². The van der Waals surface area contributed by atoms with Crippen LogP contribution < -0.4 is 49.1 Å². The number of nitrogens with zero attached hydrogens (tertiary/aromatic N) is 3. The Hall–Kier alpha value is -11.7. The molecule has 3 saturated heterocycles. The van der Waals surface area contributed by atoms with Crippen LogP contribution in [-0.2, 0) is 48.4 Å². The number of nitrogens with two attached hydrogens (primary N) is 3. The maximum Gasteiger partial charge on any atom is 0.251 e. The van der Waals surface area contributed by atoms with Crippen molar-refractivity contribution in [2.75, 3.05) is 55.2 Å². The van der Waals surface area contributed by atoms with E-state index in [-0.39, 0.29) is 78.6 Å². The first-order valence-corrected chi connectivity index (χ1v) is 37.0. The second-order valence-corrected chi connectivity index (χ2v) is 27.7. The molecule has 9 amide bonds. The van der Waals surface area contributed by atoms with E-state index < -0.39 is 18.1 Å². The number of benzene rings is 9. The van der Waals surface area contributed by atoms with E-state index in [1.165, 1.54) is 32.4 Å². The Morgan fingerprint density at radius 3 is 0.991 bits per heavy atom. The number of nitrogens with one attached hydrogen (secondary N) is 6. The molecule has 3 aliphatic heterocycles. The van der Waals surface area contributed by atoms with Crippen LogP contribution in [0.15, 0.2) is 212 Å². The molecule has 21 nitrogen and oxygen atoms in total. The molecule has 3 heterocycles. The fourth-order valence-electron chi connectivity index (χ4n) is 13.0. The Balaban J connectivity index is 0.000000174. The van der Waals surface area contributed by atoms with Gasteiger partial charge in [0.25, 0.3) is 17.7 Å². The van der Waals surface area contributed by atoms with E-state index >= 15 is 0 Å². The van der Waals surface area contributed by atoms with Crippen molar-refractivity contribution in [3.8, 4) is 33.4 Å². The zero-order valence-electron chi connectivity index (χ0n) is 61.2. The number of carbonyl (C=O) groups is 9. The number of amides is 9. The van der Waals surface area contributed by atoms with Gasteiger partial charge in [0.05, 0.1) is 19.6 Å². The fourth-order valence-corrected chi connectivity index (χ4v) is 13.1. The van der Waals surface area contributed by atoms with Crippen molar-refractivity contribution < 1.29 is 47.5 Å². The summed E-state index contributed by atoms with van der Waals surface area (Å²) in [5, 5.41) is 17.8. The number of rotatable bonds is 21. The van der Waals surface area contributed by atoms with E-state index in [1.54, 1.807) is 84.9 Å². The summed E-state index contributed by atoms with van der Waals surface area (Å²) in [4.78, 5) is 121. The zero-order valence-corrected chi connectivity index (χ0v) is 61.9. The van der Waals surface area contributed by atoms with Crippen LogP contribution in [0, 0.1) is 19.7 Å². The van der Waals surface area contributed by atoms with Gasteiger partial charge in [-0.3, -0.25) is 43.2 Å². The van der Waals surface area contributed by atoms with Crippen LogP contribution in [0.2, 0.25) is 5.02 Å². The molecule has 12 rings (SSSR count). The van der Waals surface area contributed by atoms with E-state index in [0.29, 0.717) is 97.3 Å². The molecule has 564 valence electrons. The van der Waals surface area contributed by atoms with Gasteiger partial charge in [0.1, 0.15) is 23.9 Å². The summed E-state index contributed by atoms with van der Waals surface area (Å²) in [7, 11) is 0. The molecule has 12 N–H and O–H groups in total. The van der Waals surface area contributed by atoms with Crippen molar-refractivity contribution in [2.45, 2.75) is 109 Å². The minimum atomic E-state index is -0.704. The Labute approximate surface area is 639 Å². The summed E-state index contributed by atoms with van der Waals surface area (Å²) in [6.45, 7) is 6.27. The van der Waals surface area contributed by atoms with E-state index in [9.17, 15) is 47.5 Å². The largest absolute Gasteiger partial charge is 0.340 e. The molecular formula is C86H92ClFN12O9. The van der Waals surface area contributed by atoms with Gasteiger partial charge in [-0.2, -0.15) is 0 Å². The Kier molecular flexibility index (Phi) is 28.8. The van der Waals surface area contributed by atoms with Gasteiger partial charge in [-0.15, -0.1) is 0 Å². The van der Waals surface area contributed by atoms with Gasteiger partial charge in [0.15, 0.2) is 0 Å². The molecule has 0 radical (unpaired) electrons. The molecule has 0 aliphatic carbocycles. The van der Waals surface area contributed by atoms with Crippen LogP contribution in [0.1, 0.15) is 117 Å². The van der Waals surface area contributed by atoms with Crippen molar-refractivity contribution in [1.29, 1.82) is 0 Å². The van der Waals surface area contributed by atoms with E-state index in [2.05, 4.69) is 44.0 Å². The normalized spacial score (nSPS) is 15.8. The van der Waals surface area contributed by atoms with Gasteiger partial charge >= 0.3 is 0 Å². The molecule has 23 heteroatoms. The predicted molar refractivity (Wildman–Crippen MR) is 424 cm³/mol. The molecule has 9 aromatic rings. The molecule has 0 spiro atoms. The number of aryl methyl sites for hydroxylation is 2. The van der Waals surface area contributed by atoms with Crippen LogP contribution in [0.25, 0.3) is 33.4 Å². The van der Waals surface area contributed by atoms with E-state index in [0.717, 1.165) is 94.2 Å². The molecule has 109 heavy (non-hydrogen) atoms. The van der Waals surface area contributed by atoms with Gasteiger partial charge in [-0.25, -0.2) is 4.39 Å². The highest BCUT2D eigenvalue weighted by atomic mass is 35.5. The maximum atomic E-state index is 13.2. The first-order valence-electron chi connectivity index (χ1n) is 36.6. The number of hydrogen-bond acceptors (Lipinski definition) is 12. The quantitative estimate of drug-likeness (QED) is 0.0324. The lowest BCUT2D eigenvalue weighted by Crippen LogP contribution is -2.49. The van der Waals surface area contributed by atoms with Crippen molar-refractivity contribution in [2.24, 2.45) is 17.2 Å². The molecule has 3 fully saturated rings. The SMILES string of the molecule is Cc1ccc(-c2ccc(C(=O)NC3CCCCN(CC(=O)Nc4cccc(CN)c4)C3=O)cc2)cc1.Cc1ccc(-c2ccc(C(=O)NC3CCCCN(CC(=O)Nc4cccc(CN)c4)C3=O)cc2)cc1Cl.NCc1cccc(NC(=O)CN2CCCCC(NC(=O)c3ccc(-c4ccc(F)cc4)cc3)C2=O)c1. The summed E-state index contributed by atoms with van der Waals surface area (Å²) < 4.78 is 13.2. The van der Waals surface area contributed by atoms with Gasteiger partial charge in [0, 0.05) is 78.0 Å². The molecule has 9 aromatic carbocycles. The zero-order chi connectivity index (χ0) is 77.3. The molecule has 3 aliphatic rings. The third-order valence-corrected chi connectivity index (χ3v) is 19.5. The molecule has 0 aromatic heterocycles. The summed E-state index contributed by atoms with van der Waals surface area (Å²) >= 11 is 6.25. The number of likely N-dealkylation sites (tertiary alicyclic amines) is 3. The number of anilines is 3. The molecule has 3 unspecified atom stereocenters. The average molecular weight is 1490 g/mol. The third-order valence-electron chi connectivity index (χ3n) is 19.1. The van der Waals surface area contributed by atoms with Crippen LogP contribution in [-0.4, -0.2) is 125 Å². The third kappa shape index (κ3) is 23.2. The Morgan fingerprint density at radius 2 is 0.679 bits per heavy atom. The standard InChI is InChI=1S/C29H31ClN4O3.C29H32N4O3.C28H29FN4O3/c1-19-8-9-23(16-25(19)30)21-10-12-22(13-11-21)28(36)33-26-7-2-3-14-34(29(26)37)18-27(35)32-24-6-4-5-20(15-24)17-31;1-20-8-10-22(11-9-20)23-12-14-24(15-13-23)28(35)32-26-7-2-3-16-33(29(26)36)19-27(34)31-25-6-4-5-21(17-25)18-30;29-23-13-11-21(12-14-23)20-7-9-22(10-8-20)27(35)32-25-6-1-2-15-33(28(25)36)18-26(34)31-24-5-3-4-19(16-24)17-30/h4-6,8-13,15-16,26H,2-3,7,14,17-18,31H2,1H3,(H,32,35)(H,33,36);4-6,8-15,17,26H,2-3,7,16,18-19,30H2,1H3,(H,31,34)(H,32,35);3-5,7-14,16,25H,1-2,6,15,17-18,30H2,(H,31,34)(H,32,35). The van der Waals surface area contributed by atoms with Crippen molar-refractivity contribution in [1.82, 2.24) is 30.7 Å². The van der Waals surface area contributed by atoms with Gasteiger partial charge in [0.2, 0.25) is 35.4 Å². The van der Waals surface area contributed by atoms with Gasteiger partial charge in [-0.1, -0.05) is 138 Å². The van der Waals surface area contributed by atoms with Crippen LogP contribution in [0.5, 0.6) is 0 Å². The minimum absolute atomic E-state index is 0.0662. The molecule has 3 atom stereocenters. The monoisotopic (exact) mass is 1490 g/mol. The second kappa shape index (κ2) is 39.2. The summed E-state index contributed by atoms with van der Waals surface area (Å²) in [5.41, 5.74) is 30.9. The lowest BCUT2D eigenvalue weighted by molar-refractivity contribution is -0.136. The van der Waals surface area contributed by atoms with Crippen LogP contribution in [0.3, 0.4) is 0 Å². The lowest BCUT2D eigenvalue weighted by atomic mass is 10.0. The maximum absolute atomic E-state index is 13.2. The van der Waals surface area contributed by atoms with Crippen LogP contribution >= 0.6 is 11.6 Å². The van der Waals surface area contributed by atoms with Crippen LogP contribution in [0.4, 0.5) is 21.5 Å². The van der Waals surface area contributed by atoms with Crippen molar-refractivity contribution >= 4 is 81.8 Å².